The van der Waals surface area contributed by atoms with Crippen LogP contribution in [-0.2, 0) is 0 Å². The van der Waals surface area contributed by atoms with E-state index in [1.807, 2.05) is 38.1 Å². The highest BCUT2D eigenvalue weighted by molar-refractivity contribution is 6.09. The number of aromatic nitrogens is 6. The summed E-state index contributed by atoms with van der Waals surface area (Å²) in [5.74, 6) is 0.885. The van der Waals surface area contributed by atoms with Gasteiger partial charge in [-0.25, -0.2) is 9.50 Å². The molecule has 0 saturated heterocycles. The zero-order valence-corrected chi connectivity index (χ0v) is 16.2. The SMILES string of the molecule is Cc1nc(-c2ccc(C)c(NC(=O)c3cnn4c3[nH]c(=O)c3ccccc34)c2)n[nH]1. The third kappa shape index (κ3) is 2.84. The minimum atomic E-state index is -0.373. The van der Waals surface area contributed by atoms with Gasteiger partial charge in [-0.15, -0.1) is 0 Å². The van der Waals surface area contributed by atoms with Gasteiger partial charge in [-0.05, 0) is 37.6 Å². The first kappa shape index (κ1) is 17.8. The maximum atomic E-state index is 13.0. The number of fused-ring (bicyclic) bond motifs is 3. The molecule has 30 heavy (non-hydrogen) atoms. The number of carbonyl (C=O) groups is 1. The number of benzene rings is 2. The molecule has 0 fully saturated rings. The Morgan fingerprint density at radius 2 is 1.97 bits per heavy atom. The normalized spacial score (nSPS) is 11.3. The number of amides is 1. The number of rotatable bonds is 3. The fourth-order valence-corrected chi connectivity index (χ4v) is 3.40. The van der Waals surface area contributed by atoms with Crippen molar-refractivity contribution in [1.29, 1.82) is 0 Å². The third-order valence-electron chi connectivity index (χ3n) is 4.96. The van der Waals surface area contributed by atoms with Crippen molar-refractivity contribution in [3.63, 3.8) is 0 Å². The standard InChI is InChI=1S/C21H17N7O2/c1-11-7-8-13(18-23-12(2)26-27-18)9-16(11)24-21(30)15-10-22-28-17-6-4-3-5-14(17)20(29)25-19(15)28/h3-10H,1-2H3,(H,24,30)(H,25,29)(H,23,26,27). The van der Waals surface area contributed by atoms with Crippen molar-refractivity contribution in [1.82, 2.24) is 29.8 Å². The van der Waals surface area contributed by atoms with E-state index in [1.165, 1.54) is 6.20 Å². The van der Waals surface area contributed by atoms with Gasteiger partial charge in [-0.3, -0.25) is 14.7 Å². The summed E-state index contributed by atoms with van der Waals surface area (Å²) in [5.41, 5.74) is 3.27. The summed E-state index contributed by atoms with van der Waals surface area (Å²) < 4.78 is 1.56. The third-order valence-corrected chi connectivity index (χ3v) is 4.96. The molecule has 0 atom stereocenters. The van der Waals surface area contributed by atoms with E-state index in [9.17, 15) is 9.59 Å². The number of nitrogens with zero attached hydrogens (tertiary/aromatic N) is 4. The Kier molecular flexibility index (Phi) is 3.95. The molecule has 0 aliphatic rings. The van der Waals surface area contributed by atoms with Crippen LogP contribution in [0.1, 0.15) is 21.7 Å². The highest BCUT2D eigenvalue weighted by Gasteiger charge is 2.17. The molecule has 9 nitrogen and oxygen atoms in total. The zero-order chi connectivity index (χ0) is 20.8. The molecule has 148 valence electrons. The first-order valence-electron chi connectivity index (χ1n) is 9.31. The molecule has 9 heteroatoms. The van der Waals surface area contributed by atoms with Gasteiger partial charge in [-0.2, -0.15) is 10.2 Å². The lowest BCUT2D eigenvalue weighted by Gasteiger charge is -2.09. The topological polar surface area (TPSA) is 121 Å². The summed E-state index contributed by atoms with van der Waals surface area (Å²) in [5, 5.41) is 14.7. The van der Waals surface area contributed by atoms with Crippen LogP contribution in [0, 0.1) is 13.8 Å². The number of hydrogen-bond donors (Lipinski definition) is 3. The first-order valence-corrected chi connectivity index (χ1v) is 9.31. The molecule has 0 radical (unpaired) electrons. The Morgan fingerprint density at radius 1 is 1.13 bits per heavy atom. The molecule has 3 N–H and O–H groups in total. The van der Waals surface area contributed by atoms with Crippen molar-refractivity contribution < 1.29 is 4.79 Å². The van der Waals surface area contributed by atoms with Crippen molar-refractivity contribution in [2.45, 2.75) is 13.8 Å². The van der Waals surface area contributed by atoms with E-state index in [4.69, 9.17) is 0 Å². The van der Waals surface area contributed by atoms with E-state index in [0.29, 0.717) is 33.9 Å². The lowest BCUT2D eigenvalue weighted by Crippen LogP contribution is -2.15. The van der Waals surface area contributed by atoms with Crippen LogP contribution >= 0.6 is 0 Å². The van der Waals surface area contributed by atoms with Crippen LogP contribution < -0.4 is 10.9 Å². The van der Waals surface area contributed by atoms with Gasteiger partial charge < -0.3 is 10.3 Å². The number of anilines is 1. The molecule has 2 aromatic carbocycles. The smallest absolute Gasteiger partial charge is 0.261 e. The number of carbonyl (C=O) groups excluding carboxylic acids is 1. The average Bonchev–Trinajstić information content (AvgIpc) is 3.36. The van der Waals surface area contributed by atoms with Gasteiger partial charge in [0.15, 0.2) is 5.82 Å². The van der Waals surface area contributed by atoms with E-state index >= 15 is 0 Å². The van der Waals surface area contributed by atoms with Crippen molar-refractivity contribution in [2.24, 2.45) is 0 Å². The van der Waals surface area contributed by atoms with Crippen molar-refractivity contribution in [3.8, 4) is 11.4 Å². The second kappa shape index (κ2) is 6.66. The molecule has 0 aliphatic heterocycles. The highest BCUT2D eigenvalue weighted by Crippen LogP contribution is 2.24. The number of para-hydroxylation sites is 1. The van der Waals surface area contributed by atoms with Crippen LogP contribution in [-0.4, -0.2) is 35.7 Å². The van der Waals surface area contributed by atoms with Crippen LogP contribution in [0.15, 0.2) is 53.5 Å². The number of hydrogen-bond acceptors (Lipinski definition) is 5. The van der Waals surface area contributed by atoms with E-state index < -0.39 is 0 Å². The molecule has 0 saturated carbocycles. The Labute approximate surface area is 169 Å². The van der Waals surface area contributed by atoms with Gasteiger partial charge in [0, 0.05) is 11.3 Å². The van der Waals surface area contributed by atoms with E-state index in [1.54, 1.807) is 22.7 Å². The van der Waals surface area contributed by atoms with Crippen molar-refractivity contribution >= 4 is 28.1 Å². The number of aromatic amines is 2. The average molecular weight is 399 g/mol. The fraction of sp³-hybridized carbons (Fsp3) is 0.0952. The molecule has 5 aromatic rings. The van der Waals surface area contributed by atoms with Crippen LogP contribution in [0.5, 0.6) is 0 Å². The second-order valence-electron chi connectivity index (χ2n) is 7.02. The summed E-state index contributed by atoms with van der Waals surface area (Å²) in [6, 6.07) is 12.7. The van der Waals surface area contributed by atoms with Gasteiger partial charge in [0.05, 0.1) is 17.1 Å². The molecule has 0 spiro atoms. The van der Waals surface area contributed by atoms with Gasteiger partial charge in [0.2, 0.25) is 0 Å². The largest absolute Gasteiger partial charge is 0.322 e. The first-order chi connectivity index (χ1) is 14.5. The monoisotopic (exact) mass is 399 g/mol. The van der Waals surface area contributed by atoms with Gasteiger partial charge in [0.25, 0.3) is 11.5 Å². The summed E-state index contributed by atoms with van der Waals surface area (Å²) in [6.07, 6.45) is 1.45. The number of nitrogens with one attached hydrogen (secondary N) is 3. The maximum absolute atomic E-state index is 13.0. The van der Waals surface area contributed by atoms with E-state index in [0.717, 1.165) is 11.1 Å². The van der Waals surface area contributed by atoms with Crippen LogP contribution in [0.25, 0.3) is 27.9 Å². The van der Waals surface area contributed by atoms with Gasteiger partial charge in [-0.1, -0.05) is 24.3 Å². The maximum Gasteiger partial charge on any atom is 0.261 e. The Bertz CT molecular complexity index is 1490. The molecular weight excluding hydrogens is 382 g/mol. The van der Waals surface area contributed by atoms with Crippen LogP contribution in [0.2, 0.25) is 0 Å². The Morgan fingerprint density at radius 3 is 2.77 bits per heavy atom. The minimum Gasteiger partial charge on any atom is -0.322 e. The zero-order valence-electron chi connectivity index (χ0n) is 16.2. The fourth-order valence-electron chi connectivity index (χ4n) is 3.40. The van der Waals surface area contributed by atoms with E-state index in [-0.39, 0.29) is 17.0 Å². The van der Waals surface area contributed by atoms with Crippen LogP contribution in [0.3, 0.4) is 0 Å². The summed E-state index contributed by atoms with van der Waals surface area (Å²) in [7, 11) is 0. The minimum absolute atomic E-state index is 0.272. The van der Waals surface area contributed by atoms with Crippen molar-refractivity contribution in [3.05, 3.63) is 76.0 Å². The molecule has 0 unspecified atom stereocenters. The summed E-state index contributed by atoms with van der Waals surface area (Å²) in [4.78, 5) is 32.5. The molecule has 3 heterocycles. The van der Waals surface area contributed by atoms with Crippen molar-refractivity contribution in [2.75, 3.05) is 5.32 Å². The predicted molar refractivity (Wildman–Crippen MR) is 113 cm³/mol. The lowest BCUT2D eigenvalue weighted by molar-refractivity contribution is 0.102. The summed E-state index contributed by atoms with van der Waals surface area (Å²) in [6.45, 7) is 3.72. The van der Waals surface area contributed by atoms with Gasteiger partial charge >= 0.3 is 0 Å². The quantitative estimate of drug-likeness (QED) is 0.431. The number of aryl methyl sites for hydroxylation is 2. The molecule has 0 bridgehead atoms. The molecule has 0 aliphatic carbocycles. The highest BCUT2D eigenvalue weighted by atomic mass is 16.2. The molecule has 5 rings (SSSR count). The van der Waals surface area contributed by atoms with Gasteiger partial charge in [0.1, 0.15) is 17.0 Å². The lowest BCUT2D eigenvalue weighted by atomic mass is 10.1. The van der Waals surface area contributed by atoms with Crippen LogP contribution in [0.4, 0.5) is 5.69 Å². The molecule has 3 aromatic heterocycles. The molecular formula is C21H17N7O2. The Balaban J connectivity index is 1.55. The summed E-state index contributed by atoms with van der Waals surface area (Å²) >= 11 is 0. The van der Waals surface area contributed by atoms with E-state index in [2.05, 4.69) is 30.6 Å². The number of H-pyrrole nitrogens is 2. The Hall–Kier alpha value is -4.27. The predicted octanol–water partition coefficient (Wildman–Crippen LogP) is 2.83. The second-order valence-corrected chi connectivity index (χ2v) is 7.02. The molecule has 1 amide bonds.